The van der Waals surface area contributed by atoms with Gasteiger partial charge in [-0.25, -0.2) is 0 Å². The number of hydrogen-bond acceptors (Lipinski definition) is 4. The summed E-state index contributed by atoms with van der Waals surface area (Å²) in [5.41, 5.74) is 3.28. The molecule has 0 spiro atoms. The average molecular weight is 340 g/mol. The molecule has 0 unspecified atom stereocenters. The van der Waals surface area contributed by atoms with Gasteiger partial charge < -0.3 is 20.1 Å². The molecule has 6 heteroatoms. The summed E-state index contributed by atoms with van der Waals surface area (Å²) in [6.45, 7) is 2.48. The van der Waals surface area contributed by atoms with Gasteiger partial charge in [0.2, 0.25) is 0 Å². The first-order chi connectivity index (χ1) is 12.1. The summed E-state index contributed by atoms with van der Waals surface area (Å²) in [5.74, 6) is 0.942. The number of fused-ring (bicyclic) bond motifs is 1. The first kappa shape index (κ1) is 16.8. The minimum Gasteiger partial charge on any atom is -0.496 e. The lowest BCUT2D eigenvalue weighted by Gasteiger charge is -2.18. The highest BCUT2D eigenvalue weighted by Crippen LogP contribution is 2.28. The quantitative estimate of drug-likeness (QED) is 0.876. The number of rotatable bonds is 5. The fourth-order valence-corrected chi connectivity index (χ4v) is 2.73. The van der Waals surface area contributed by atoms with Crippen LogP contribution in [0.15, 0.2) is 36.4 Å². The van der Waals surface area contributed by atoms with Gasteiger partial charge in [0.1, 0.15) is 11.5 Å². The van der Waals surface area contributed by atoms with Gasteiger partial charge in [-0.1, -0.05) is 17.7 Å². The molecule has 1 aliphatic heterocycles. The zero-order chi connectivity index (χ0) is 17.8. The predicted molar refractivity (Wildman–Crippen MR) is 94.3 cm³/mol. The normalized spacial score (nSPS) is 12.6. The molecule has 1 heterocycles. The Morgan fingerprint density at radius 1 is 1.28 bits per heavy atom. The third-order valence-electron chi connectivity index (χ3n) is 3.99. The van der Waals surface area contributed by atoms with E-state index < -0.39 is 0 Å². The van der Waals surface area contributed by atoms with Crippen molar-refractivity contribution in [3.05, 3.63) is 53.1 Å². The van der Waals surface area contributed by atoms with Gasteiger partial charge in [-0.05, 0) is 43.2 Å². The van der Waals surface area contributed by atoms with E-state index in [0.717, 1.165) is 16.9 Å². The molecular weight excluding hydrogens is 320 g/mol. The zero-order valence-corrected chi connectivity index (χ0v) is 14.2. The molecule has 0 aromatic heterocycles. The van der Waals surface area contributed by atoms with Gasteiger partial charge in [0.25, 0.3) is 11.8 Å². The van der Waals surface area contributed by atoms with Crippen molar-refractivity contribution in [1.29, 1.82) is 0 Å². The number of ether oxygens (including phenoxy) is 2. The van der Waals surface area contributed by atoms with Crippen molar-refractivity contribution in [2.24, 2.45) is 0 Å². The monoisotopic (exact) mass is 340 g/mol. The fraction of sp³-hybridized carbons (Fsp3) is 0.263. The van der Waals surface area contributed by atoms with Crippen LogP contribution >= 0.6 is 0 Å². The van der Waals surface area contributed by atoms with E-state index >= 15 is 0 Å². The standard InChI is InChI=1S/C19H20N2O4/c1-12-3-6-16(24-2)13(9-12)7-8-20-19(23)14-4-5-15-17(10-14)25-11-18(22)21-15/h3-6,9-10H,7-8,11H2,1-2H3,(H,20,23)(H,21,22). The van der Waals surface area contributed by atoms with Crippen molar-refractivity contribution in [3.63, 3.8) is 0 Å². The summed E-state index contributed by atoms with van der Waals surface area (Å²) >= 11 is 0. The molecule has 2 N–H and O–H groups in total. The van der Waals surface area contributed by atoms with Crippen LogP contribution in [0.1, 0.15) is 21.5 Å². The number of methoxy groups -OCH3 is 1. The van der Waals surface area contributed by atoms with E-state index in [4.69, 9.17) is 9.47 Å². The smallest absolute Gasteiger partial charge is 0.262 e. The molecule has 0 aliphatic carbocycles. The first-order valence-corrected chi connectivity index (χ1v) is 8.05. The van der Waals surface area contributed by atoms with Crippen LogP contribution in [0.25, 0.3) is 0 Å². The molecule has 0 atom stereocenters. The lowest BCUT2D eigenvalue weighted by molar-refractivity contribution is -0.118. The number of benzene rings is 2. The first-order valence-electron chi connectivity index (χ1n) is 8.05. The fourth-order valence-electron chi connectivity index (χ4n) is 2.73. The number of aryl methyl sites for hydroxylation is 1. The molecule has 2 aromatic rings. The minimum atomic E-state index is -0.197. The largest absolute Gasteiger partial charge is 0.496 e. The van der Waals surface area contributed by atoms with E-state index in [1.54, 1.807) is 25.3 Å². The van der Waals surface area contributed by atoms with Gasteiger partial charge in [0.05, 0.1) is 12.8 Å². The van der Waals surface area contributed by atoms with Crippen LogP contribution in [0.3, 0.4) is 0 Å². The number of hydrogen-bond donors (Lipinski definition) is 2. The van der Waals surface area contributed by atoms with Gasteiger partial charge in [0, 0.05) is 12.1 Å². The number of amides is 2. The van der Waals surface area contributed by atoms with Crippen LogP contribution in [0.4, 0.5) is 5.69 Å². The Labute approximate surface area is 146 Å². The molecule has 0 bridgehead atoms. The highest BCUT2D eigenvalue weighted by Gasteiger charge is 2.17. The van der Waals surface area contributed by atoms with Crippen molar-refractivity contribution in [1.82, 2.24) is 5.32 Å². The van der Waals surface area contributed by atoms with E-state index in [-0.39, 0.29) is 18.4 Å². The Morgan fingerprint density at radius 3 is 2.92 bits per heavy atom. The van der Waals surface area contributed by atoms with Gasteiger partial charge in [0.15, 0.2) is 6.61 Å². The van der Waals surface area contributed by atoms with Crippen molar-refractivity contribution >= 4 is 17.5 Å². The molecule has 0 saturated carbocycles. The Bertz CT molecular complexity index is 817. The molecule has 0 radical (unpaired) electrons. The van der Waals surface area contributed by atoms with E-state index in [2.05, 4.69) is 16.7 Å². The van der Waals surface area contributed by atoms with Crippen LogP contribution in [0.2, 0.25) is 0 Å². The molecule has 6 nitrogen and oxygen atoms in total. The molecule has 2 amide bonds. The van der Waals surface area contributed by atoms with E-state index in [1.807, 2.05) is 19.1 Å². The number of carbonyl (C=O) groups is 2. The number of nitrogens with one attached hydrogen (secondary N) is 2. The maximum absolute atomic E-state index is 12.3. The van der Waals surface area contributed by atoms with Crippen LogP contribution in [0.5, 0.6) is 11.5 Å². The molecule has 130 valence electrons. The van der Waals surface area contributed by atoms with Crippen molar-refractivity contribution in [2.45, 2.75) is 13.3 Å². The van der Waals surface area contributed by atoms with E-state index in [9.17, 15) is 9.59 Å². The third kappa shape index (κ3) is 3.91. The summed E-state index contributed by atoms with van der Waals surface area (Å²) in [4.78, 5) is 23.6. The second-order valence-electron chi connectivity index (χ2n) is 5.87. The summed E-state index contributed by atoms with van der Waals surface area (Å²) in [6.07, 6.45) is 0.675. The maximum Gasteiger partial charge on any atom is 0.262 e. The predicted octanol–water partition coefficient (Wildman–Crippen LogP) is 2.31. The molecule has 0 saturated heterocycles. The van der Waals surface area contributed by atoms with Gasteiger partial charge in [-0.2, -0.15) is 0 Å². The van der Waals surface area contributed by atoms with Gasteiger partial charge in [-0.3, -0.25) is 9.59 Å². The maximum atomic E-state index is 12.3. The summed E-state index contributed by atoms with van der Waals surface area (Å²) < 4.78 is 10.7. The second kappa shape index (κ2) is 7.25. The second-order valence-corrected chi connectivity index (χ2v) is 5.87. The molecular formula is C19H20N2O4. The lowest BCUT2D eigenvalue weighted by Crippen LogP contribution is -2.27. The highest BCUT2D eigenvalue weighted by molar-refractivity contribution is 5.98. The Hall–Kier alpha value is -3.02. The molecule has 2 aromatic carbocycles. The Kier molecular flexibility index (Phi) is 4.88. The minimum absolute atomic E-state index is 0.0365. The molecule has 25 heavy (non-hydrogen) atoms. The number of carbonyl (C=O) groups excluding carboxylic acids is 2. The summed E-state index contributed by atoms with van der Waals surface area (Å²) in [7, 11) is 1.64. The average Bonchev–Trinajstić information content (AvgIpc) is 2.61. The third-order valence-corrected chi connectivity index (χ3v) is 3.99. The van der Waals surface area contributed by atoms with Gasteiger partial charge >= 0.3 is 0 Å². The van der Waals surface area contributed by atoms with Crippen LogP contribution in [-0.2, 0) is 11.2 Å². The van der Waals surface area contributed by atoms with Crippen molar-refractivity contribution < 1.29 is 19.1 Å². The Balaban J connectivity index is 1.62. The van der Waals surface area contributed by atoms with E-state index in [0.29, 0.717) is 30.0 Å². The zero-order valence-electron chi connectivity index (χ0n) is 14.2. The van der Waals surface area contributed by atoms with Crippen LogP contribution < -0.4 is 20.1 Å². The van der Waals surface area contributed by atoms with Crippen molar-refractivity contribution in [2.75, 3.05) is 25.6 Å². The lowest BCUT2D eigenvalue weighted by atomic mass is 10.1. The highest BCUT2D eigenvalue weighted by atomic mass is 16.5. The van der Waals surface area contributed by atoms with E-state index in [1.165, 1.54) is 0 Å². The summed E-state index contributed by atoms with van der Waals surface area (Å²) in [5, 5.41) is 5.60. The number of anilines is 1. The van der Waals surface area contributed by atoms with Crippen LogP contribution in [-0.4, -0.2) is 32.1 Å². The SMILES string of the molecule is COc1ccc(C)cc1CCNC(=O)c1ccc2c(c1)OCC(=O)N2. The molecule has 0 fully saturated rings. The molecule has 3 rings (SSSR count). The summed E-state index contributed by atoms with van der Waals surface area (Å²) in [6, 6.07) is 11.0. The van der Waals surface area contributed by atoms with Crippen molar-refractivity contribution in [3.8, 4) is 11.5 Å². The van der Waals surface area contributed by atoms with Gasteiger partial charge in [-0.15, -0.1) is 0 Å². The topological polar surface area (TPSA) is 76.7 Å². The van der Waals surface area contributed by atoms with Crippen LogP contribution in [0, 0.1) is 6.92 Å². The molecule has 1 aliphatic rings. The Morgan fingerprint density at radius 2 is 2.12 bits per heavy atom.